The molecule has 0 aromatic heterocycles. The first-order chi connectivity index (χ1) is 8.87. The molecule has 1 N–H and O–H groups in total. The quantitative estimate of drug-likeness (QED) is 0.836. The average molecular weight is 267 g/mol. The Morgan fingerprint density at radius 2 is 1.95 bits per heavy atom. The van der Waals surface area contributed by atoms with E-state index in [1.165, 1.54) is 4.90 Å². The lowest BCUT2D eigenvalue weighted by Gasteiger charge is -2.36. The minimum Gasteiger partial charge on any atom is -0.465 e. The Balaban J connectivity index is 1.80. The van der Waals surface area contributed by atoms with Gasteiger partial charge in [0.2, 0.25) is 0 Å². The number of hydrogen-bond acceptors (Lipinski definition) is 2. The largest absolute Gasteiger partial charge is 0.465 e. The molecule has 1 unspecified atom stereocenters. The van der Waals surface area contributed by atoms with Gasteiger partial charge in [-0.25, -0.2) is 4.79 Å². The molecule has 1 aliphatic carbocycles. The lowest BCUT2D eigenvalue weighted by atomic mass is 9.69. The van der Waals surface area contributed by atoms with Crippen molar-refractivity contribution < 1.29 is 14.7 Å². The number of piperidine rings is 1. The molecule has 4 heteroatoms. The highest BCUT2D eigenvalue weighted by molar-refractivity contribution is 5.82. The number of likely N-dealkylation sites (tertiary alicyclic amines) is 1. The summed E-state index contributed by atoms with van der Waals surface area (Å²) in [5.41, 5.74) is 0.181. The molecular weight excluding hydrogens is 242 g/mol. The lowest BCUT2D eigenvalue weighted by Crippen LogP contribution is -2.39. The molecule has 4 nitrogen and oxygen atoms in total. The molecule has 108 valence electrons. The topological polar surface area (TPSA) is 57.6 Å². The van der Waals surface area contributed by atoms with E-state index in [9.17, 15) is 9.59 Å². The third-order valence-corrected chi connectivity index (χ3v) is 4.78. The predicted molar refractivity (Wildman–Crippen MR) is 73.1 cm³/mol. The highest BCUT2D eigenvalue weighted by atomic mass is 16.4. The standard InChI is InChI=1S/C15H25NO3/c1-15(2)6-3-12(13(17)10-15)9-11-4-7-16(8-5-11)14(18)19/h11-12H,3-10H2,1-2H3,(H,18,19). The maximum atomic E-state index is 12.2. The van der Waals surface area contributed by atoms with E-state index < -0.39 is 6.09 Å². The van der Waals surface area contributed by atoms with E-state index in [4.69, 9.17) is 5.11 Å². The summed E-state index contributed by atoms with van der Waals surface area (Å²) >= 11 is 0. The Kier molecular flexibility index (Phi) is 4.16. The smallest absolute Gasteiger partial charge is 0.407 e. The number of rotatable bonds is 2. The SMILES string of the molecule is CC1(C)CCC(CC2CCN(C(=O)O)CC2)C(=O)C1. The minimum atomic E-state index is -0.811. The van der Waals surface area contributed by atoms with Gasteiger partial charge in [-0.1, -0.05) is 13.8 Å². The van der Waals surface area contributed by atoms with Crippen LogP contribution in [-0.4, -0.2) is 35.0 Å². The minimum absolute atomic E-state index is 0.181. The molecule has 1 atom stereocenters. The van der Waals surface area contributed by atoms with Crippen LogP contribution in [0.5, 0.6) is 0 Å². The molecule has 2 aliphatic rings. The van der Waals surface area contributed by atoms with Gasteiger partial charge in [0.1, 0.15) is 5.78 Å². The van der Waals surface area contributed by atoms with Gasteiger partial charge in [0, 0.05) is 25.4 Å². The molecule has 0 spiro atoms. The number of carbonyl (C=O) groups excluding carboxylic acids is 1. The first kappa shape index (κ1) is 14.4. The van der Waals surface area contributed by atoms with Gasteiger partial charge in [-0.05, 0) is 43.4 Å². The summed E-state index contributed by atoms with van der Waals surface area (Å²) in [6.45, 7) is 5.61. The van der Waals surface area contributed by atoms with E-state index in [1.54, 1.807) is 0 Å². The number of carbonyl (C=O) groups is 2. The average Bonchev–Trinajstić information content (AvgIpc) is 2.33. The summed E-state index contributed by atoms with van der Waals surface area (Å²) < 4.78 is 0. The van der Waals surface area contributed by atoms with Crippen molar-refractivity contribution in [3.63, 3.8) is 0 Å². The Hall–Kier alpha value is -1.06. The Labute approximate surface area is 115 Å². The molecule has 0 aromatic rings. The van der Waals surface area contributed by atoms with Crippen molar-refractivity contribution >= 4 is 11.9 Å². The van der Waals surface area contributed by atoms with Crippen LogP contribution in [0, 0.1) is 17.3 Å². The fourth-order valence-corrected chi connectivity index (χ4v) is 3.44. The molecule has 2 fully saturated rings. The highest BCUT2D eigenvalue weighted by Crippen LogP contribution is 2.39. The Morgan fingerprint density at radius 3 is 2.47 bits per heavy atom. The van der Waals surface area contributed by atoms with E-state index in [2.05, 4.69) is 13.8 Å². The van der Waals surface area contributed by atoms with Gasteiger partial charge >= 0.3 is 6.09 Å². The Bertz CT molecular complexity index is 356. The highest BCUT2D eigenvalue weighted by Gasteiger charge is 2.35. The van der Waals surface area contributed by atoms with Gasteiger partial charge in [0.15, 0.2) is 0 Å². The molecule has 1 saturated carbocycles. The van der Waals surface area contributed by atoms with Gasteiger partial charge in [-0.3, -0.25) is 4.79 Å². The van der Waals surface area contributed by atoms with Crippen LogP contribution in [0.2, 0.25) is 0 Å². The first-order valence-electron chi connectivity index (χ1n) is 7.38. The summed E-state index contributed by atoms with van der Waals surface area (Å²) in [7, 11) is 0. The van der Waals surface area contributed by atoms with Crippen LogP contribution in [0.3, 0.4) is 0 Å². The maximum Gasteiger partial charge on any atom is 0.407 e. The van der Waals surface area contributed by atoms with Gasteiger partial charge in [-0.15, -0.1) is 0 Å². The van der Waals surface area contributed by atoms with Crippen LogP contribution in [0.1, 0.15) is 52.4 Å². The second-order valence-electron chi connectivity index (χ2n) is 6.99. The Morgan fingerprint density at radius 1 is 1.32 bits per heavy atom. The zero-order chi connectivity index (χ0) is 14.0. The summed E-state index contributed by atoms with van der Waals surface area (Å²) in [5.74, 6) is 1.19. The fourth-order valence-electron chi connectivity index (χ4n) is 3.44. The van der Waals surface area contributed by atoms with Crippen LogP contribution in [0.15, 0.2) is 0 Å². The van der Waals surface area contributed by atoms with Crippen LogP contribution in [0.25, 0.3) is 0 Å². The predicted octanol–water partition coefficient (Wildman–Crippen LogP) is 3.16. The van der Waals surface area contributed by atoms with Gasteiger partial charge in [0.25, 0.3) is 0 Å². The molecule has 1 heterocycles. The van der Waals surface area contributed by atoms with E-state index in [0.717, 1.165) is 32.1 Å². The molecule has 1 saturated heterocycles. The summed E-state index contributed by atoms with van der Waals surface area (Å²) in [5, 5.41) is 8.92. The van der Waals surface area contributed by atoms with Crippen molar-refractivity contribution in [3.8, 4) is 0 Å². The van der Waals surface area contributed by atoms with Gasteiger partial charge < -0.3 is 10.0 Å². The number of Topliss-reactive ketones (excluding diaryl/α,β-unsaturated/α-hetero) is 1. The van der Waals surface area contributed by atoms with E-state index in [0.29, 0.717) is 31.2 Å². The van der Waals surface area contributed by atoms with Crippen molar-refractivity contribution in [2.24, 2.45) is 17.3 Å². The van der Waals surface area contributed by atoms with Crippen LogP contribution >= 0.6 is 0 Å². The van der Waals surface area contributed by atoms with Crippen molar-refractivity contribution in [2.45, 2.75) is 52.4 Å². The van der Waals surface area contributed by atoms with Crippen molar-refractivity contribution in [3.05, 3.63) is 0 Å². The number of ketones is 1. The third-order valence-electron chi connectivity index (χ3n) is 4.78. The summed E-state index contributed by atoms with van der Waals surface area (Å²) in [6, 6.07) is 0. The molecule has 1 aliphatic heterocycles. The number of hydrogen-bond donors (Lipinski definition) is 1. The molecule has 1 amide bonds. The maximum absolute atomic E-state index is 12.2. The summed E-state index contributed by atoms with van der Waals surface area (Å²) in [4.78, 5) is 24.5. The van der Waals surface area contributed by atoms with E-state index in [1.807, 2.05) is 0 Å². The van der Waals surface area contributed by atoms with Crippen molar-refractivity contribution in [1.82, 2.24) is 4.90 Å². The fraction of sp³-hybridized carbons (Fsp3) is 0.867. The van der Waals surface area contributed by atoms with Gasteiger partial charge in [0.05, 0.1) is 0 Å². The number of amides is 1. The molecule has 19 heavy (non-hydrogen) atoms. The molecule has 2 rings (SSSR count). The van der Waals surface area contributed by atoms with Crippen molar-refractivity contribution in [2.75, 3.05) is 13.1 Å². The lowest BCUT2D eigenvalue weighted by molar-refractivity contribution is -0.128. The van der Waals surface area contributed by atoms with E-state index >= 15 is 0 Å². The van der Waals surface area contributed by atoms with Crippen LogP contribution < -0.4 is 0 Å². The normalized spacial score (nSPS) is 28.4. The molecular formula is C15H25NO3. The zero-order valence-corrected chi connectivity index (χ0v) is 12.0. The molecule has 0 radical (unpaired) electrons. The molecule has 0 bridgehead atoms. The first-order valence-corrected chi connectivity index (χ1v) is 7.38. The van der Waals surface area contributed by atoms with Crippen LogP contribution in [-0.2, 0) is 4.79 Å². The summed E-state index contributed by atoms with van der Waals surface area (Å²) in [6.07, 6.45) is 4.86. The number of nitrogens with zero attached hydrogens (tertiary/aromatic N) is 1. The van der Waals surface area contributed by atoms with Crippen molar-refractivity contribution in [1.29, 1.82) is 0 Å². The second-order valence-corrected chi connectivity index (χ2v) is 6.99. The zero-order valence-electron chi connectivity index (χ0n) is 12.0. The van der Waals surface area contributed by atoms with Gasteiger partial charge in [-0.2, -0.15) is 0 Å². The number of carboxylic acid groups (broad SMARTS) is 1. The third kappa shape index (κ3) is 3.71. The van der Waals surface area contributed by atoms with E-state index in [-0.39, 0.29) is 11.3 Å². The second kappa shape index (κ2) is 5.51. The monoisotopic (exact) mass is 267 g/mol. The van der Waals surface area contributed by atoms with Crippen LogP contribution in [0.4, 0.5) is 4.79 Å². The molecule has 0 aromatic carbocycles.